The molecule has 27 heavy (non-hydrogen) atoms. The molecule has 1 aromatic carbocycles. The molecule has 2 heterocycles. The highest BCUT2D eigenvalue weighted by Gasteiger charge is 2.38. The molecule has 3 N–H and O–H groups in total. The number of benzene rings is 1. The van der Waals surface area contributed by atoms with Gasteiger partial charge in [-0.15, -0.1) is 0 Å². The second kappa shape index (κ2) is 6.77. The first-order valence-corrected chi connectivity index (χ1v) is 9.43. The molecule has 0 aliphatic carbocycles. The predicted molar refractivity (Wildman–Crippen MR) is 96.5 cm³/mol. The maximum atomic E-state index is 13.5. The molecule has 8 nitrogen and oxygen atoms in total. The summed E-state index contributed by atoms with van der Waals surface area (Å²) in [7, 11) is -2.15. The largest absolute Gasteiger partial charge is 0.382 e. The molecule has 1 saturated heterocycles. The first kappa shape index (κ1) is 19.0. The summed E-state index contributed by atoms with van der Waals surface area (Å²) < 4.78 is 47.9. The van der Waals surface area contributed by atoms with Crippen LogP contribution < -0.4 is 10.5 Å². The van der Waals surface area contributed by atoms with Gasteiger partial charge in [0.1, 0.15) is 16.5 Å². The first-order chi connectivity index (χ1) is 12.6. The fourth-order valence-corrected chi connectivity index (χ4v) is 4.13. The monoisotopic (exact) mass is 391 g/mol. The van der Waals surface area contributed by atoms with Crippen molar-refractivity contribution in [3.8, 4) is 6.07 Å². The van der Waals surface area contributed by atoms with Crippen molar-refractivity contribution in [3.63, 3.8) is 0 Å². The molecule has 1 aliphatic heterocycles. The Morgan fingerprint density at radius 1 is 1.41 bits per heavy atom. The van der Waals surface area contributed by atoms with Crippen LogP contribution in [0.4, 0.5) is 10.1 Å². The highest BCUT2D eigenvalue weighted by Crippen LogP contribution is 2.22. The minimum absolute atomic E-state index is 0.00775. The van der Waals surface area contributed by atoms with Crippen molar-refractivity contribution in [3.05, 3.63) is 47.5 Å². The maximum absolute atomic E-state index is 13.5. The molecule has 1 aliphatic rings. The van der Waals surface area contributed by atoms with Crippen LogP contribution in [0.1, 0.15) is 18.2 Å². The minimum Gasteiger partial charge on any atom is -0.382 e. The van der Waals surface area contributed by atoms with Crippen LogP contribution >= 0.6 is 0 Å². The Morgan fingerprint density at radius 3 is 2.70 bits per heavy atom. The topological polar surface area (TPSA) is 122 Å². The van der Waals surface area contributed by atoms with Crippen LogP contribution in [-0.4, -0.2) is 37.6 Å². The Hall–Kier alpha value is -2.74. The molecule has 0 amide bonds. The van der Waals surface area contributed by atoms with E-state index in [1.807, 2.05) is 6.07 Å². The van der Waals surface area contributed by atoms with E-state index >= 15 is 0 Å². The summed E-state index contributed by atoms with van der Waals surface area (Å²) in [5.41, 5.74) is 5.95. The summed E-state index contributed by atoms with van der Waals surface area (Å²) in [6.45, 7) is 2.36. The number of nitrogens with one attached hydrogen (secondary N) is 1. The van der Waals surface area contributed by atoms with E-state index in [2.05, 4.69) is 9.71 Å². The van der Waals surface area contributed by atoms with E-state index in [9.17, 15) is 12.8 Å². The zero-order valence-electron chi connectivity index (χ0n) is 14.7. The molecule has 0 bridgehead atoms. The fraction of sp³-hybridized carbons (Fsp3) is 0.294. The van der Waals surface area contributed by atoms with Gasteiger partial charge in [0.05, 0.1) is 41.8 Å². The zero-order chi connectivity index (χ0) is 19.8. The van der Waals surface area contributed by atoms with Gasteiger partial charge in [0.15, 0.2) is 0 Å². The van der Waals surface area contributed by atoms with Gasteiger partial charge < -0.3 is 15.0 Å². The summed E-state index contributed by atoms with van der Waals surface area (Å²) >= 11 is 0. The molecule has 0 saturated carbocycles. The molecule has 142 valence electrons. The van der Waals surface area contributed by atoms with Gasteiger partial charge >= 0.3 is 0 Å². The Labute approximate surface area is 156 Å². The number of rotatable bonds is 5. The molecule has 10 heteroatoms. The van der Waals surface area contributed by atoms with Gasteiger partial charge in [-0.1, -0.05) is 0 Å². The Morgan fingerprint density at radius 2 is 2.11 bits per heavy atom. The van der Waals surface area contributed by atoms with E-state index in [1.165, 1.54) is 22.9 Å². The van der Waals surface area contributed by atoms with Crippen LogP contribution in [0.3, 0.4) is 0 Å². The van der Waals surface area contributed by atoms with Crippen molar-refractivity contribution in [1.82, 2.24) is 9.29 Å². The number of halogens is 1. The predicted octanol–water partition coefficient (Wildman–Crippen LogP) is 1.14. The Kier molecular flexibility index (Phi) is 4.77. The van der Waals surface area contributed by atoms with Crippen LogP contribution in [-0.2, 0) is 21.8 Å². The van der Waals surface area contributed by atoms with E-state index in [0.717, 1.165) is 12.1 Å². The van der Waals surface area contributed by atoms with Crippen molar-refractivity contribution in [2.75, 3.05) is 13.2 Å². The molecule has 0 radical (unpaired) electrons. The number of sulfonamides is 1. The van der Waals surface area contributed by atoms with Gasteiger partial charge in [-0.05, 0) is 31.2 Å². The van der Waals surface area contributed by atoms with Crippen molar-refractivity contribution in [2.45, 2.75) is 17.4 Å². The van der Waals surface area contributed by atoms with E-state index < -0.39 is 21.4 Å². The highest BCUT2D eigenvalue weighted by atomic mass is 32.2. The number of hydrogen-bond donors (Lipinski definition) is 2. The third kappa shape index (κ3) is 4.00. The van der Waals surface area contributed by atoms with E-state index in [1.54, 1.807) is 14.0 Å². The number of amidine groups is 1. The molecular formula is C17H18FN5O3S. The van der Waals surface area contributed by atoms with Gasteiger partial charge in [0.25, 0.3) is 0 Å². The number of ether oxygens (including phenoxy) is 1. The van der Waals surface area contributed by atoms with Crippen molar-refractivity contribution in [1.29, 1.82) is 5.26 Å². The number of aryl methyl sites for hydroxylation is 1. The second-order valence-corrected chi connectivity index (χ2v) is 8.32. The summed E-state index contributed by atoms with van der Waals surface area (Å²) in [6.07, 6.45) is 1.41. The number of nitriles is 1. The van der Waals surface area contributed by atoms with Gasteiger partial charge in [-0.3, -0.25) is 0 Å². The number of aromatic nitrogens is 1. The summed E-state index contributed by atoms with van der Waals surface area (Å²) in [6, 6.07) is 6.82. The standard InChI is InChI=1S/C17H18FN5O3S/c1-17(9-26-10-17)22-27(24,25)14-6-15(23(2)8-14)16(20)21-13-4-11(7-19)3-12(18)5-13/h3-6,8,22H,9-10H2,1-2H3,(H2,20,21). The number of nitrogens with two attached hydrogens (primary N) is 1. The van der Waals surface area contributed by atoms with Crippen LogP contribution in [0.5, 0.6) is 0 Å². The van der Waals surface area contributed by atoms with Gasteiger partial charge in [-0.25, -0.2) is 22.5 Å². The zero-order valence-corrected chi connectivity index (χ0v) is 15.5. The van der Waals surface area contributed by atoms with Crippen molar-refractivity contribution >= 4 is 21.5 Å². The third-order valence-electron chi connectivity index (χ3n) is 4.04. The SMILES string of the molecule is Cn1cc(S(=O)(=O)NC2(C)COC2)cc1C(N)=Nc1cc(F)cc(C#N)c1. The summed E-state index contributed by atoms with van der Waals surface area (Å²) in [5, 5.41) is 8.91. The van der Waals surface area contributed by atoms with Gasteiger partial charge in [0.2, 0.25) is 10.0 Å². The molecule has 1 fully saturated rings. The Bertz CT molecular complexity index is 1060. The first-order valence-electron chi connectivity index (χ1n) is 7.95. The van der Waals surface area contributed by atoms with Gasteiger partial charge in [0, 0.05) is 13.2 Å². The van der Waals surface area contributed by atoms with Crippen LogP contribution in [0.25, 0.3) is 0 Å². The molecule has 3 rings (SSSR count). The summed E-state index contributed by atoms with van der Waals surface area (Å²) in [4.78, 5) is 4.13. The third-order valence-corrected chi connectivity index (χ3v) is 5.64. The lowest BCUT2D eigenvalue weighted by Gasteiger charge is -2.38. The molecule has 0 atom stereocenters. The molecule has 2 aromatic rings. The second-order valence-electron chi connectivity index (χ2n) is 6.64. The molecular weight excluding hydrogens is 373 g/mol. The molecule has 0 unspecified atom stereocenters. The lowest BCUT2D eigenvalue weighted by Crippen LogP contribution is -2.59. The normalized spacial score (nSPS) is 16.6. The van der Waals surface area contributed by atoms with E-state index in [-0.39, 0.29) is 22.0 Å². The number of aliphatic imine (C=N–C) groups is 1. The quantitative estimate of drug-likeness (QED) is 0.584. The molecule has 1 aromatic heterocycles. The maximum Gasteiger partial charge on any atom is 0.242 e. The minimum atomic E-state index is -3.77. The lowest BCUT2D eigenvalue weighted by atomic mass is 10.0. The smallest absolute Gasteiger partial charge is 0.242 e. The average molecular weight is 391 g/mol. The van der Waals surface area contributed by atoms with Gasteiger partial charge in [-0.2, -0.15) is 5.26 Å². The highest BCUT2D eigenvalue weighted by molar-refractivity contribution is 7.89. The fourth-order valence-electron chi connectivity index (χ4n) is 2.69. The average Bonchev–Trinajstić information content (AvgIpc) is 2.95. The lowest BCUT2D eigenvalue weighted by molar-refractivity contribution is -0.0523. The number of nitrogens with zero attached hydrogens (tertiary/aromatic N) is 3. The van der Waals surface area contributed by atoms with Crippen LogP contribution in [0, 0.1) is 17.1 Å². The van der Waals surface area contributed by atoms with Crippen molar-refractivity contribution < 1.29 is 17.5 Å². The Balaban J connectivity index is 1.92. The van der Waals surface area contributed by atoms with E-state index in [0.29, 0.717) is 18.9 Å². The van der Waals surface area contributed by atoms with Crippen LogP contribution in [0.2, 0.25) is 0 Å². The summed E-state index contributed by atoms with van der Waals surface area (Å²) in [5.74, 6) is -0.623. The van der Waals surface area contributed by atoms with Crippen molar-refractivity contribution in [2.24, 2.45) is 17.8 Å². The van der Waals surface area contributed by atoms with Crippen LogP contribution in [0.15, 0.2) is 40.4 Å². The van der Waals surface area contributed by atoms with E-state index in [4.69, 9.17) is 15.7 Å². The molecule has 0 spiro atoms. The number of hydrogen-bond acceptors (Lipinski definition) is 5.